The predicted molar refractivity (Wildman–Crippen MR) is 71.2 cm³/mol. The normalized spacial score (nSPS) is 9.21. The maximum Gasteiger partial charge on any atom is 0.273 e. The summed E-state index contributed by atoms with van der Waals surface area (Å²) in [7, 11) is 3.05. The second-order valence-electron chi connectivity index (χ2n) is 3.74. The van der Waals surface area contributed by atoms with E-state index in [1.54, 1.807) is 12.1 Å². The number of nitrogens with two attached hydrogens (primary N) is 1. The lowest BCUT2D eigenvalue weighted by molar-refractivity contribution is -0.121. The van der Waals surface area contributed by atoms with Crippen molar-refractivity contribution in [3.05, 3.63) is 29.6 Å². The number of pyridine rings is 1. The van der Waals surface area contributed by atoms with E-state index in [0.29, 0.717) is 5.56 Å². The molecule has 0 atom stereocenters. The second-order valence-corrected chi connectivity index (χ2v) is 3.74. The number of carbonyl (C=O) groups excluding carboxylic acids is 2. The lowest BCUT2D eigenvalue weighted by Crippen LogP contribution is -2.37. The van der Waals surface area contributed by atoms with Crippen molar-refractivity contribution in [2.24, 2.45) is 5.73 Å². The van der Waals surface area contributed by atoms with Crippen LogP contribution in [-0.4, -0.2) is 48.9 Å². The first kappa shape index (κ1) is 14.7. The Bertz CT molecular complexity index is 531. The number of hydrogen-bond donors (Lipinski definition) is 2. The van der Waals surface area contributed by atoms with Gasteiger partial charge in [0.1, 0.15) is 5.69 Å². The van der Waals surface area contributed by atoms with Crippen molar-refractivity contribution < 1.29 is 9.59 Å². The van der Waals surface area contributed by atoms with Gasteiger partial charge in [-0.2, -0.15) is 0 Å². The third-order valence-electron chi connectivity index (χ3n) is 2.34. The van der Waals surface area contributed by atoms with Crippen molar-refractivity contribution in [2.45, 2.75) is 0 Å². The topological polar surface area (TPSA) is 88.3 Å². The first-order valence-electron chi connectivity index (χ1n) is 5.70. The molecule has 0 saturated heterocycles. The molecule has 1 aromatic rings. The van der Waals surface area contributed by atoms with Crippen LogP contribution in [0.4, 0.5) is 0 Å². The summed E-state index contributed by atoms with van der Waals surface area (Å²) in [6, 6.07) is 3.38. The summed E-state index contributed by atoms with van der Waals surface area (Å²) < 4.78 is 0. The Labute approximate surface area is 112 Å². The van der Waals surface area contributed by atoms with E-state index < -0.39 is 0 Å². The van der Waals surface area contributed by atoms with Crippen molar-refractivity contribution in [3.63, 3.8) is 0 Å². The molecule has 1 heterocycles. The van der Waals surface area contributed by atoms with E-state index in [2.05, 4.69) is 22.1 Å². The van der Waals surface area contributed by atoms with Crippen LogP contribution in [0.2, 0.25) is 0 Å². The fourth-order valence-corrected chi connectivity index (χ4v) is 1.37. The number of nitrogens with zero attached hydrogens (tertiary/aromatic N) is 2. The summed E-state index contributed by atoms with van der Waals surface area (Å²) >= 11 is 0. The Morgan fingerprint density at radius 3 is 2.89 bits per heavy atom. The molecule has 0 fully saturated rings. The summed E-state index contributed by atoms with van der Waals surface area (Å²) in [6.07, 6.45) is 1.51. The molecule has 6 nitrogen and oxygen atoms in total. The lowest BCUT2D eigenvalue weighted by atomic mass is 10.2. The van der Waals surface area contributed by atoms with Crippen molar-refractivity contribution in [1.82, 2.24) is 15.2 Å². The van der Waals surface area contributed by atoms with Crippen molar-refractivity contribution in [3.8, 4) is 11.8 Å². The van der Waals surface area contributed by atoms with E-state index in [1.165, 1.54) is 25.2 Å². The van der Waals surface area contributed by atoms with Crippen LogP contribution in [0.1, 0.15) is 16.1 Å². The number of carbonyl (C=O) groups is 2. The van der Waals surface area contributed by atoms with Gasteiger partial charge in [0.05, 0.1) is 18.7 Å². The van der Waals surface area contributed by atoms with Gasteiger partial charge in [-0.3, -0.25) is 9.59 Å². The van der Waals surface area contributed by atoms with Crippen LogP contribution in [0.15, 0.2) is 18.3 Å². The van der Waals surface area contributed by atoms with Gasteiger partial charge in [-0.05, 0) is 12.1 Å². The molecule has 2 amide bonds. The first-order valence-corrected chi connectivity index (χ1v) is 5.70. The van der Waals surface area contributed by atoms with Crippen molar-refractivity contribution in [1.29, 1.82) is 0 Å². The second kappa shape index (κ2) is 7.13. The molecule has 1 aromatic heterocycles. The Kier molecular flexibility index (Phi) is 5.51. The van der Waals surface area contributed by atoms with Crippen molar-refractivity contribution >= 4 is 11.8 Å². The molecular formula is C13H16N4O2. The van der Waals surface area contributed by atoms with E-state index >= 15 is 0 Å². The minimum atomic E-state index is -0.356. The molecule has 0 spiro atoms. The van der Waals surface area contributed by atoms with E-state index in [1.807, 2.05) is 0 Å². The summed E-state index contributed by atoms with van der Waals surface area (Å²) in [5.41, 5.74) is 6.02. The zero-order valence-corrected chi connectivity index (χ0v) is 10.9. The van der Waals surface area contributed by atoms with E-state index in [-0.39, 0.29) is 30.6 Å². The van der Waals surface area contributed by atoms with Gasteiger partial charge in [-0.25, -0.2) is 4.98 Å². The molecule has 0 aromatic carbocycles. The predicted octanol–water partition coefficient (Wildman–Crippen LogP) is -0.790. The van der Waals surface area contributed by atoms with Gasteiger partial charge in [0.25, 0.3) is 5.91 Å². The minimum Gasteiger partial charge on any atom is -0.358 e. The molecule has 0 bridgehead atoms. The number of likely N-dealkylation sites (N-methyl/N-ethyl adjacent to an activating group) is 2. The quantitative estimate of drug-likeness (QED) is 0.697. The van der Waals surface area contributed by atoms with Crippen LogP contribution in [0.5, 0.6) is 0 Å². The van der Waals surface area contributed by atoms with Crippen LogP contribution in [0.25, 0.3) is 0 Å². The van der Waals surface area contributed by atoms with Crippen molar-refractivity contribution in [2.75, 3.05) is 27.2 Å². The Morgan fingerprint density at radius 2 is 2.26 bits per heavy atom. The van der Waals surface area contributed by atoms with E-state index in [4.69, 9.17) is 5.73 Å². The number of aromatic nitrogens is 1. The van der Waals surface area contributed by atoms with Gasteiger partial charge in [0, 0.05) is 20.3 Å². The van der Waals surface area contributed by atoms with Crippen LogP contribution in [0, 0.1) is 11.8 Å². The zero-order valence-electron chi connectivity index (χ0n) is 10.9. The zero-order chi connectivity index (χ0) is 14.3. The third-order valence-corrected chi connectivity index (χ3v) is 2.34. The largest absolute Gasteiger partial charge is 0.358 e. The van der Waals surface area contributed by atoms with Gasteiger partial charge in [-0.15, -0.1) is 0 Å². The maximum absolute atomic E-state index is 12.2. The van der Waals surface area contributed by atoms with E-state index in [9.17, 15) is 9.59 Å². The molecule has 6 heteroatoms. The Balaban J connectivity index is 2.96. The van der Waals surface area contributed by atoms with Crippen LogP contribution >= 0.6 is 0 Å². The average molecular weight is 260 g/mol. The Hall–Kier alpha value is -2.39. The number of amides is 2. The third kappa shape index (κ3) is 4.08. The van der Waals surface area contributed by atoms with Gasteiger partial charge >= 0.3 is 0 Å². The highest BCUT2D eigenvalue weighted by Crippen LogP contribution is 2.06. The fourth-order valence-electron chi connectivity index (χ4n) is 1.37. The van der Waals surface area contributed by atoms with E-state index in [0.717, 1.165) is 0 Å². The molecule has 0 aliphatic carbocycles. The molecule has 0 aliphatic heterocycles. The molecule has 0 saturated carbocycles. The molecule has 1 rings (SSSR count). The molecule has 0 aliphatic rings. The summed E-state index contributed by atoms with van der Waals surface area (Å²) in [6.45, 7) is 0.173. The standard InChI is InChI=1S/C13H16N4O2/c1-15-11(18)9-17(2)13(19)12-10(5-3-7-14)6-4-8-16-12/h4,6,8H,7,9,14H2,1-2H3,(H,15,18). The SMILES string of the molecule is CNC(=O)CN(C)C(=O)c1ncccc1C#CCN. The van der Waals surface area contributed by atoms with Gasteiger partial charge < -0.3 is 16.0 Å². The molecule has 100 valence electrons. The fraction of sp³-hybridized carbons (Fsp3) is 0.308. The smallest absolute Gasteiger partial charge is 0.273 e. The highest BCUT2D eigenvalue weighted by molar-refractivity contribution is 5.96. The molecule has 3 N–H and O–H groups in total. The van der Waals surface area contributed by atoms with Crippen LogP contribution < -0.4 is 11.1 Å². The van der Waals surface area contributed by atoms with Crippen LogP contribution in [-0.2, 0) is 4.79 Å². The molecule has 19 heavy (non-hydrogen) atoms. The average Bonchev–Trinajstić information content (AvgIpc) is 2.44. The minimum absolute atomic E-state index is 0.0321. The van der Waals surface area contributed by atoms with Gasteiger partial charge in [0.15, 0.2) is 0 Å². The summed E-state index contributed by atoms with van der Waals surface area (Å²) in [5, 5.41) is 2.45. The number of hydrogen-bond acceptors (Lipinski definition) is 4. The maximum atomic E-state index is 12.2. The molecule has 0 radical (unpaired) electrons. The highest BCUT2D eigenvalue weighted by atomic mass is 16.2. The first-order chi connectivity index (χ1) is 9.10. The van der Waals surface area contributed by atoms with Crippen LogP contribution in [0.3, 0.4) is 0 Å². The summed E-state index contributed by atoms with van der Waals surface area (Å²) in [4.78, 5) is 28.7. The highest BCUT2D eigenvalue weighted by Gasteiger charge is 2.18. The molecule has 0 unspecified atom stereocenters. The summed E-state index contributed by atoms with van der Waals surface area (Å²) in [5.74, 6) is 4.86. The number of rotatable bonds is 3. The molecular weight excluding hydrogens is 244 g/mol. The number of nitrogens with one attached hydrogen (secondary N) is 1. The lowest BCUT2D eigenvalue weighted by Gasteiger charge is -2.16. The van der Waals surface area contributed by atoms with Gasteiger partial charge in [0.2, 0.25) is 5.91 Å². The monoisotopic (exact) mass is 260 g/mol. The van der Waals surface area contributed by atoms with Gasteiger partial charge in [-0.1, -0.05) is 11.8 Å². The Morgan fingerprint density at radius 1 is 1.53 bits per heavy atom.